The van der Waals surface area contributed by atoms with Crippen molar-refractivity contribution in [1.29, 1.82) is 0 Å². The van der Waals surface area contributed by atoms with Crippen LogP contribution in [0.2, 0.25) is 0 Å². The lowest BCUT2D eigenvalue weighted by Crippen LogP contribution is -2.52. The molecule has 2 atom stereocenters. The number of azo groups is 1. The average Bonchev–Trinajstić information content (AvgIpc) is 3.52. The van der Waals surface area contributed by atoms with E-state index in [0.717, 1.165) is 17.7 Å². The van der Waals surface area contributed by atoms with Crippen LogP contribution in [0, 0.1) is 11.6 Å². The van der Waals surface area contributed by atoms with Gasteiger partial charge in [0.1, 0.15) is 24.6 Å². The van der Waals surface area contributed by atoms with E-state index in [1.165, 1.54) is 12.4 Å². The van der Waals surface area contributed by atoms with E-state index in [-0.39, 0.29) is 19.9 Å². The summed E-state index contributed by atoms with van der Waals surface area (Å²) >= 11 is 0. The molecule has 1 fully saturated rings. The Bertz CT molecular complexity index is 1180. The number of aromatic nitrogens is 1. The fourth-order valence-corrected chi connectivity index (χ4v) is 4.24. The molecular formula is C24H21F2N5O2. The molecule has 0 saturated carbocycles. The number of hydrogen-bond donors (Lipinski definition) is 1. The van der Waals surface area contributed by atoms with Crippen molar-refractivity contribution in [3.05, 3.63) is 95.2 Å². The lowest BCUT2D eigenvalue weighted by molar-refractivity contribution is -0.0567. The van der Waals surface area contributed by atoms with E-state index in [1.807, 2.05) is 36.4 Å². The molecular weight excluding hydrogens is 428 g/mol. The fraction of sp³-hybridized carbons (Fsp3) is 0.250. The normalized spacial score (nSPS) is 23.8. The highest BCUT2D eigenvalue weighted by atomic mass is 19.2. The first-order chi connectivity index (χ1) is 16.1. The van der Waals surface area contributed by atoms with Crippen molar-refractivity contribution in [3.8, 4) is 0 Å². The zero-order chi connectivity index (χ0) is 22.7. The first kappa shape index (κ1) is 21.3. The molecule has 168 valence electrons. The summed E-state index contributed by atoms with van der Waals surface area (Å²) in [6.45, 7) is 0.592. The number of ether oxygens (including phenoxy) is 2. The number of nitrogens with zero attached hydrogens (tertiary/aromatic N) is 4. The van der Waals surface area contributed by atoms with Gasteiger partial charge >= 0.3 is 0 Å². The second kappa shape index (κ2) is 8.76. The summed E-state index contributed by atoms with van der Waals surface area (Å²) in [6, 6.07) is 17.3. The van der Waals surface area contributed by atoms with Crippen LogP contribution in [0.5, 0.6) is 0 Å². The van der Waals surface area contributed by atoms with Crippen LogP contribution < -0.4 is 5.32 Å². The Morgan fingerprint density at radius 2 is 1.85 bits per heavy atom. The minimum Gasteiger partial charge on any atom is -0.366 e. The van der Waals surface area contributed by atoms with Crippen molar-refractivity contribution in [2.75, 3.05) is 18.7 Å². The number of benzene rings is 2. The van der Waals surface area contributed by atoms with Crippen molar-refractivity contribution in [1.82, 2.24) is 4.98 Å². The maximum absolute atomic E-state index is 13.7. The van der Waals surface area contributed by atoms with Crippen LogP contribution in [0.25, 0.3) is 0 Å². The molecule has 9 heteroatoms. The molecule has 3 heterocycles. The zero-order valence-corrected chi connectivity index (χ0v) is 17.6. The van der Waals surface area contributed by atoms with Gasteiger partial charge in [0.2, 0.25) is 5.66 Å². The summed E-state index contributed by atoms with van der Waals surface area (Å²) in [5, 5.41) is 11.8. The van der Waals surface area contributed by atoms with Crippen molar-refractivity contribution >= 4 is 12.2 Å². The van der Waals surface area contributed by atoms with Gasteiger partial charge in [-0.1, -0.05) is 36.4 Å². The Kier molecular flexibility index (Phi) is 5.65. The molecule has 0 amide bonds. The van der Waals surface area contributed by atoms with Crippen LogP contribution in [0.3, 0.4) is 0 Å². The first-order valence-corrected chi connectivity index (χ1v) is 10.5. The largest absolute Gasteiger partial charge is 0.366 e. The van der Waals surface area contributed by atoms with E-state index in [0.29, 0.717) is 23.4 Å². The van der Waals surface area contributed by atoms with Gasteiger partial charge in [0.15, 0.2) is 11.6 Å². The summed E-state index contributed by atoms with van der Waals surface area (Å²) in [7, 11) is 0. The summed E-state index contributed by atoms with van der Waals surface area (Å²) in [5.41, 5.74) is 0.0675. The lowest BCUT2D eigenvalue weighted by atomic mass is 9.78. The van der Waals surface area contributed by atoms with E-state index >= 15 is 0 Å². The van der Waals surface area contributed by atoms with Crippen LogP contribution in [0.4, 0.5) is 14.6 Å². The third-order valence-electron chi connectivity index (χ3n) is 5.85. The Balaban J connectivity index is 1.52. The Morgan fingerprint density at radius 1 is 0.970 bits per heavy atom. The second-order valence-electron chi connectivity index (χ2n) is 7.90. The molecule has 2 aromatic carbocycles. The Morgan fingerprint density at radius 3 is 2.58 bits per heavy atom. The predicted octanol–water partition coefficient (Wildman–Crippen LogP) is 4.60. The molecule has 0 spiro atoms. The van der Waals surface area contributed by atoms with Crippen LogP contribution >= 0.6 is 0 Å². The highest BCUT2D eigenvalue weighted by molar-refractivity contribution is 5.62. The molecule has 0 bridgehead atoms. The third-order valence-corrected chi connectivity index (χ3v) is 5.85. The molecule has 2 aliphatic rings. The number of rotatable bonds is 7. The molecule has 2 unspecified atom stereocenters. The predicted molar refractivity (Wildman–Crippen MR) is 118 cm³/mol. The molecule has 7 nitrogen and oxygen atoms in total. The molecule has 2 aliphatic heterocycles. The van der Waals surface area contributed by atoms with Crippen molar-refractivity contribution in [2.24, 2.45) is 15.2 Å². The summed E-state index contributed by atoms with van der Waals surface area (Å²) in [5.74, 6) is -1.30. The van der Waals surface area contributed by atoms with E-state index < -0.39 is 22.9 Å². The van der Waals surface area contributed by atoms with Gasteiger partial charge < -0.3 is 14.8 Å². The SMILES string of the molecule is Fc1ccc(CNc2ncccc2C2(C3(Cc4ccccc4)COCO3)N=CN=N2)cc1F. The van der Waals surface area contributed by atoms with E-state index in [4.69, 9.17) is 9.47 Å². The van der Waals surface area contributed by atoms with Crippen LogP contribution in [-0.4, -0.2) is 30.3 Å². The van der Waals surface area contributed by atoms with E-state index in [9.17, 15) is 8.78 Å². The summed E-state index contributed by atoms with van der Waals surface area (Å²) in [6.07, 6.45) is 3.53. The highest BCUT2D eigenvalue weighted by Gasteiger charge is 2.59. The number of nitrogens with one attached hydrogen (secondary N) is 1. The zero-order valence-electron chi connectivity index (χ0n) is 17.6. The maximum Gasteiger partial charge on any atom is 0.232 e. The lowest BCUT2D eigenvalue weighted by Gasteiger charge is -2.39. The summed E-state index contributed by atoms with van der Waals surface area (Å²) in [4.78, 5) is 9.16. The molecule has 3 aromatic rings. The molecule has 0 radical (unpaired) electrons. The topological polar surface area (TPSA) is 80.5 Å². The second-order valence-corrected chi connectivity index (χ2v) is 7.90. The van der Waals surface area contributed by atoms with Gasteiger partial charge in [-0.05, 0) is 35.4 Å². The van der Waals surface area contributed by atoms with Gasteiger partial charge in [-0.15, -0.1) is 10.2 Å². The Hall–Kier alpha value is -3.56. The third kappa shape index (κ3) is 3.90. The number of anilines is 1. The highest BCUT2D eigenvalue weighted by Crippen LogP contribution is 2.49. The quantitative estimate of drug-likeness (QED) is 0.572. The Labute approximate surface area is 189 Å². The molecule has 1 saturated heterocycles. The van der Waals surface area contributed by atoms with Gasteiger partial charge in [0.05, 0.1) is 6.61 Å². The molecule has 1 N–H and O–H groups in total. The minimum atomic E-state index is -1.23. The number of pyridine rings is 1. The number of halogens is 2. The van der Waals surface area contributed by atoms with E-state index in [1.54, 1.807) is 12.3 Å². The van der Waals surface area contributed by atoms with Gasteiger partial charge in [0, 0.05) is 24.7 Å². The fourth-order valence-electron chi connectivity index (χ4n) is 4.24. The van der Waals surface area contributed by atoms with Crippen molar-refractivity contribution in [3.63, 3.8) is 0 Å². The molecule has 33 heavy (non-hydrogen) atoms. The molecule has 5 rings (SSSR count). The van der Waals surface area contributed by atoms with Crippen LogP contribution in [-0.2, 0) is 28.1 Å². The molecule has 0 aliphatic carbocycles. The van der Waals surface area contributed by atoms with Crippen LogP contribution in [0.15, 0.2) is 82.1 Å². The average molecular weight is 449 g/mol. The first-order valence-electron chi connectivity index (χ1n) is 10.5. The van der Waals surface area contributed by atoms with Crippen LogP contribution in [0.1, 0.15) is 16.7 Å². The van der Waals surface area contributed by atoms with Gasteiger partial charge in [-0.25, -0.2) is 18.8 Å². The van der Waals surface area contributed by atoms with Gasteiger partial charge in [0.25, 0.3) is 0 Å². The summed E-state index contributed by atoms with van der Waals surface area (Å²) < 4.78 is 38.8. The smallest absolute Gasteiger partial charge is 0.232 e. The van der Waals surface area contributed by atoms with E-state index in [2.05, 4.69) is 25.5 Å². The maximum atomic E-state index is 13.7. The van der Waals surface area contributed by atoms with Crippen molar-refractivity contribution in [2.45, 2.75) is 24.2 Å². The molecule has 1 aromatic heterocycles. The standard InChI is InChI=1S/C24H21F2N5O2/c25-20-9-8-18(11-21(20)26)13-28-22-19(7-4-10-27-22)24(29-15-30-31-24)23(14-32-16-33-23)12-17-5-2-1-3-6-17/h1-11,15H,12-14,16H2,(H,27,28). The van der Waals surface area contributed by atoms with Gasteiger partial charge in [-0.2, -0.15) is 0 Å². The number of hydrogen-bond acceptors (Lipinski definition) is 7. The monoisotopic (exact) mass is 449 g/mol. The number of aliphatic imine (C=N–C) groups is 1. The van der Waals surface area contributed by atoms with Gasteiger partial charge in [-0.3, -0.25) is 0 Å². The minimum absolute atomic E-state index is 0.109. The van der Waals surface area contributed by atoms with Crippen molar-refractivity contribution < 1.29 is 18.3 Å².